The summed E-state index contributed by atoms with van der Waals surface area (Å²) >= 11 is 0. The second-order valence-corrected chi connectivity index (χ2v) is 7.03. The molecule has 1 aromatic carbocycles. The van der Waals surface area contributed by atoms with Crippen molar-refractivity contribution >= 4 is 22.6 Å². The number of para-hydroxylation sites is 2. The lowest BCUT2D eigenvalue weighted by Gasteiger charge is -2.33. The number of benzene rings is 1. The van der Waals surface area contributed by atoms with Crippen molar-refractivity contribution in [1.82, 2.24) is 19.4 Å². The van der Waals surface area contributed by atoms with E-state index >= 15 is 0 Å². The van der Waals surface area contributed by atoms with E-state index in [0.717, 1.165) is 49.4 Å². The Labute approximate surface area is 159 Å². The van der Waals surface area contributed by atoms with Crippen molar-refractivity contribution in [2.75, 3.05) is 25.0 Å². The number of pyridine rings is 1. The number of fused-ring (bicyclic) bond motifs is 1. The lowest BCUT2D eigenvalue weighted by Crippen LogP contribution is -2.39. The summed E-state index contributed by atoms with van der Waals surface area (Å²) in [5, 5.41) is 2.93. The van der Waals surface area contributed by atoms with Gasteiger partial charge in [-0.1, -0.05) is 19.1 Å². The summed E-state index contributed by atoms with van der Waals surface area (Å²) in [5.41, 5.74) is 3.10. The zero-order valence-corrected chi connectivity index (χ0v) is 15.6. The van der Waals surface area contributed by atoms with E-state index in [1.807, 2.05) is 6.07 Å². The van der Waals surface area contributed by atoms with Gasteiger partial charge in [-0.15, -0.1) is 0 Å². The summed E-state index contributed by atoms with van der Waals surface area (Å²) in [6.45, 7) is 4.44. The molecule has 0 radical (unpaired) electrons. The Morgan fingerprint density at radius 2 is 1.89 bits per heavy atom. The number of likely N-dealkylation sites (tertiary alicyclic amines) is 1. The van der Waals surface area contributed by atoms with E-state index in [0.29, 0.717) is 12.6 Å². The Bertz CT molecular complexity index is 913. The topological polar surface area (TPSA) is 63.1 Å². The number of hydrogen-bond donors (Lipinski definition) is 1. The summed E-state index contributed by atoms with van der Waals surface area (Å²) in [6.07, 6.45) is 6.37. The van der Waals surface area contributed by atoms with Crippen molar-refractivity contribution in [2.24, 2.45) is 0 Å². The molecule has 6 nitrogen and oxygen atoms in total. The highest BCUT2D eigenvalue weighted by atomic mass is 16.2. The van der Waals surface area contributed by atoms with Crippen LogP contribution in [0.15, 0.2) is 48.8 Å². The molecule has 0 atom stereocenters. The fourth-order valence-electron chi connectivity index (χ4n) is 3.93. The predicted molar refractivity (Wildman–Crippen MR) is 107 cm³/mol. The van der Waals surface area contributed by atoms with Crippen LogP contribution in [0, 0.1) is 0 Å². The number of imidazole rings is 1. The van der Waals surface area contributed by atoms with Gasteiger partial charge in [-0.05, 0) is 37.1 Å². The van der Waals surface area contributed by atoms with Gasteiger partial charge < -0.3 is 9.88 Å². The van der Waals surface area contributed by atoms with E-state index in [-0.39, 0.29) is 5.91 Å². The number of piperidine rings is 1. The highest BCUT2D eigenvalue weighted by Crippen LogP contribution is 2.29. The SMILES string of the molecule is CCc1nc2ccccc2n1C1CCN(CC(=O)Nc2ccncc2)CC1. The first-order chi connectivity index (χ1) is 13.2. The number of aryl methyl sites for hydroxylation is 1. The van der Waals surface area contributed by atoms with Crippen LogP contribution in [-0.4, -0.2) is 45.0 Å². The molecule has 6 heteroatoms. The highest BCUT2D eigenvalue weighted by molar-refractivity contribution is 5.92. The second kappa shape index (κ2) is 7.88. The first kappa shape index (κ1) is 17.7. The largest absolute Gasteiger partial charge is 0.325 e. The fraction of sp³-hybridized carbons (Fsp3) is 0.381. The molecule has 0 aliphatic carbocycles. The zero-order valence-electron chi connectivity index (χ0n) is 15.6. The van der Waals surface area contributed by atoms with E-state index in [2.05, 4.69) is 44.9 Å². The minimum atomic E-state index is 0.0296. The molecule has 0 bridgehead atoms. The van der Waals surface area contributed by atoms with Crippen LogP contribution < -0.4 is 5.32 Å². The molecule has 1 amide bonds. The molecule has 2 aromatic heterocycles. The lowest BCUT2D eigenvalue weighted by molar-refractivity contribution is -0.117. The molecule has 1 saturated heterocycles. The highest BCUT2D eigenvalue weighted by Gasteiger charge is 2.25. The van der Waals surface area contributed by atoms with Gasteiger partial charge in [0.2, 0.25) is 5.91 Å². The van der Waals surface area contributed by atoms with Gasteiger partial charge in [0.25, 0.3) is 0 Å². The van der Waals surface area contributed by atoms with Gasteiger partial charge in [0, 0.05) is 43.6 Å². The molecule has 3 heterocycles. The smallest absolute Gasteiger partial charge is 0.238 e. The van der Waals surface area contributed by atoms with E-state index < -0.39 is 0 Å². The fourth-order valence-corrected chi connectivity index (χ4v) is 3.93. The number of rotatable bonds is 5. The number of carbonyl (C=O) groups excluding carboxylic acids is 1. The van der Waals surface area contributed by atoms with E-state index in [1.54, 1.807) is 24.5 Å². The first-order valence-corrected chi connectivity index (χ1v) is 9.62. The maximum atomic E-state index is 12.3. The van der Waals surface area contributed by atoms with Crippen LogP contribution in [-0.2, 0) is 11.2 Å². The van der Waals surface area contributed by atoms with Gasteiger partial charge in [0.05, 0.1) is 17.6 Å². The van der Waals surface area contributed by atoms with Crippen molar-refractivity contribution in [1.29, 1.82) is 0 Å². The number of carbonyl (C=O) groups is 1. The second-order valence-electron chi connectivity index (χ2n) is 7.03. The van der Waals surface area contributed by atoms with Crippen molar-refractivity contribution in [3.05, 3.63) is 54.6 Å². The Hall–Kier alpha value is -2.73. The van der Waals surface area contributed by atoms with E-state index in [4.69, 9.17) is 4.98 Å². The maximum Gasteiger partial charge on any atom is 0.238 e. The molecule has 4 rings (SSSR count). The van der Waals surface area contributed by atoms with Gasteiger partial charge in [-0.2, -0.15) is 0 Å². The van der Waals surface area contributed by atoms with Crippen molar-refractivity contribution in [2.45, 2.75) is 32.2 Å². The molecule has 0 saturated carbocycles. The number of anilines is 1. The quantitative estimate of drug-likeness (QED) is 0.756. The Morgan fingerprint density at radius 1 is 1.15 bits per heavy atom. The summed E-state index contributed by atoms with van der Waals surface area (Å²) in [5.74, 6) is 1.19. The normalized spacial score (nSPS) is 15.9. The average Bonchev–Trinajstić information content (AvgIpc) is 3.08. The molecule has 0 spiro atoms. The Balaban J connectivity index is 1.39. The molecule has 1 fully saturated rings. The Kier molecular flexibility index (Phi) is 5.16. The molecule has 0 unspecified atom stereocenters. The van der Waals surface area contributed by atoms with Crippen LogP contribution in [0.25, 0.3) is 11.0 Å². The molecular weight excluding hydrogens is 338 g/mol. The molecular formula is C21H25N5O. The monoisotopic (exact) mass is 363 g/mol. The van der Waals surface area contributed by atoms with Gasteiger partial charge in [-0.3, -0.25) is 14.7 Å². The summed E-state index contributed by atoms with van der Waals surface area (Å²) in [4.78, 5) is 23.3. The number of aromatic nitrogens is 3. The Morgan fingerprint density at radius 3 is 2.63 bits per heavy atom. The number of hydrogen-bond acceptors (Lipinski definition) is 4. The van der Waals surface area contributed by atoms with E-state index in [1.165, 1.54) is 5.52 Å². The van der Waals surface area contributed by atoms with Gasteiger partial charge in [-0.25, -0.2) is 4.98 Å². The maximum absolute atomic E-state index is 12.3. The van der Waals surface area contributed by atoms with Crippen LogP contribution in [0.5, 0.6) is 0 Å². The third-order valence-electron chi connectivity index (χ3n) is 5.24. The molecule has 1 aliphatic heterocycles. The zero-order chi connectivity index (χ0) is 18.6. The standard InChI is InChI=1S/C21H25N5O/c1-2-20-24-18-5-3-4-6-19(18)26(20)17-9-13-25(14-10-17)15-21(27)23-16-7-11-22-12-8-16/h3-8,11-12,17H,2,9-10,13-15H2,1H3,(H,22,23,27). The van der Waals surface area contributed by atoms with Crippen molar-refractivity contribution < 1.29 is 4.79 Å². The minimum Gasteiger partial charge on any atom is -0.325 e. The summed E-state index contributed by atoms with van der Waals surface area (Å²) < 4.78 is 2.42. The summed E-state index contributed by atoms with van der Waals surface area (Å²) in [6, 6.07) is 12.4. The summed E-state index contributed by atoms with van der Waals surface area (Å²) in [7, 11) is 0. The minimum absolute atomic E-state index is 0.0296. The van der Waals surface area contributed by atoms with Crippen LogP contribution in [0.1, 0.15) is 31.6 Å². The van der Waals surface area contributed by atoms with Crippen LogP contribution in [0.4, 0.5) is 5.69 Å². The third-order valence-corrected chi connectivity index (χ3v) is 5.24. The molecule has 27 heavy (non-hydrogen) atoms. The average molecular weight is 363 g/mol. The van der Waals surface area contributed by atoms with Gasteiger partial charge in [0.1, 0.15) is 5.82 Å². The molecule has 3 aromatic rings. The first-order valence-electron chi connectivity index (χ1n) is 9.62. The van der Waals surface area contributed by atoms with Crippen molar-refractivity contribution in [3.63, 3.8) is 0 Å². The van der Waals surface area contributed by atoms with Crippen LogP contribution in [0.3, 0.4) is 0 Å². The number of amides is 1. The van der Waals surface area contributed by atoms with E-state index in [9.17, 15) is 4.79 Å². The van der Waals surface area contributed by atoms with Gasteiger partial charge >= 0.3 is 0 Å². The predicted octanol–water partition coefficient (Wildman–Crippen LogP) is 3.27. The number of nitrogens with one attached hydrogen (secondary N) is 1. The molecule has 1 aliphatic rings. The number of nitrogens with zero attached hydrogens (tertiary/aromatic N) is 4. The molecule has 140 valence electrons. The third kappa shape index (κ3) is 3.85. The molecule has 1 N–H and O–H groups in total. The van der Waals surface area contributed by atoms with Crippen LogP contribution >= 0.6 is 0 Å². The van der Waals surface area contributed by atoms with Crippen molar-refractivity contribution in [3.8, 4) is 0 Å². The van der Waals surface area contributed by atoms with Crippen LogP contribution in [0.2, 0.25) is 0 Å². The lowest BCUT2D eigenvalue weighted by atomic mass is 10.0. The van der Waals surface area contributed by atoms with Gasteiger partial charge in [0.15, 0.2) is 0 Å².